The lowest BCUT2D eigenvalue weighted by atomic mass is 10.0. The number of ether oxygens (including phenoxy) is 1. The van der Waals surface area contributed by atoms with Crippen molar-refractivity contribution in [2.24, 2.45) is 0 Å². The van der Waals surface area contributed by atoms with E-state index < -0.39 is 0 Å². The topological polar surface area (TPSA) is 21.3 Å². The lowest BCUT2D eigenvalue weighted by molar-refractivity contribution is -0.00879. The molecule has 0 aromatic heterocycles. The summed E-state index contributed by atoms with van der Waals surface area (Å²) in [4.78, 5) is 0. The Morgan fingerprint density at radius 1 is 1.24 bits per heavy atom. The van der Waals surface area contributed by atoms with Gasteiger partial charge in [0.15, 0.2) is 0 Å². The first-order valence-corrected chi connectivity index (χ1v) is 6.45. The van der Waals surface area contributed by atoms with Crippen LogP contribution in [0, 0.1) is 0 Å². The highest BCUT2D eigenvalue weighted by atomic mass is 16.5. The molecule has 1 rings (SSSR count). The van der Waals surface area contributed by atoms with Crippen LogP contribution in [0.4, 0.5) is 0 Å². The highest BCUT2D eigenvalue weighted by molar-refractivity contribution is 5.18. The fraction of sp³-hybridized carbons (Fsp3) is 0.600. The molecule has 0 aliphatic heterocycles. The molecule has 0 amide bonds. The van der Waals surface area contributed by atoms with Crippen LogP contribution < -0.4 is 5.32 Å². The van der Waals surface area contributed by atoms with Gasteiger partial charge in [-0.2, -0.15) is 0 Å². The zero-order valence-electron chi connectivity index (χ0n) is 11.5. The minimum Gasteiger partial charge on any atom is -0.375 e. The second-order valence-electron chi connectivity index (χ2n) is 5.14. The van der Waals surface area contributed by atoms with E-state index in [9.17, 15) is 0 Å². The summed E-state index contributed by atoms with van der Waals surface area (Å²) >= 11 is 0. The molecule has 0 bridgehead atoms. The number of hydrogen-bond donors (Lipinski definition) is 1. The summed E-state index contributed by atoms with van der Waals surface area (Å²) in [6, 6.07) is 10.6. The molecule has 1 atom stereocenters. The van der Waals surface area contributed by atoms with Crippen LogP contribution in [0.3, 0.4) is 0 Å². The molecule has 0 aliphatic carbocycles. The van der Waals surface area contributed by atoms with E-state index in [1.807, 2.05) is 6.92 Å². The first kappa shape index (κ1) is 14.2. The van der Waals surface area contributed by atoms with Gasteiger partial charge in [-0.25, -0.2) is 0 Å². The summed E-state index contributed by atoms with van der Waals surface area (Å²) in [7, 11) is 0. The van der Waals surface area contributed by atoms with Crippen molar-refractivity contribution in [2.75, 3.05) is 19.7 Å². The van der Waals surface area contributed by atoms with Gasteiger partial charge in [0.25, 0.3) is 0 Å². The predicted molar refractivity (Wildman–Crippen MR) is 73.4 cm³/mol. The monoisotopic (exact) mass is 235 g/mol. The van der Waals surface area contributed by atoms with Crippen molar-refractivity contribution < 1.29 is 4.74 Å². The van der Waals surface area contributed by atoms with Gasteiger partial charge >= 0.3 is 0 Å². The van der Waals surface area contributed by atoms with Gasteiger partial charge in [0.2, 0.25) is 0 Å². The largest absolute Gasteiger partial charge is 0.375 e. The Balaban J connectivity index is 2.32. The molecule has 1 aromatic rings. The van der Waals surface area contributed by atoms with Crippen molar-refractivity contribution in [3.63, 3.8) is 0 Å². The quantitative estimate of drug-likeness (QED) is 0.783. The minimum atomic E-state index is -0.0782. The minimum absolute atomic E-state index is 0.0782. The van der Waals surface area contributed by atoms with E-state index in [-0.39, 0.29) is 5.60 Å². The van der Waals surface area contributed by atoms with Crippen LogP contribution in [-0.4, -0.2) is 25.3 Å². The second kappa shape index (κ2) is 6.77. The van der Waals surface area contributed by atoms with Crippen molar-refractivity contribution in [1.29, 1.82) is 0 Å². The molecule has 1 aromatic carbocycles. The molecule has 96 valence electrons. The van der Waals surface area contributed by atoms with E-state index in [0.29, 0.717) is 5.92 Å². The van der Waals surface area contributed by atoms with Crippen LogP contribution in [0.25, 0.3) is 0 Å². The van der Waals surface area contributed by atoms with Crippen LogP contribution in [0.5, 0.6) is 0 Å². The lowest BCUT2D eigenvalue weighted by Gasteiger charge is -2.26. The van der Waals surface area contributed by atoms with E-state index >= 15 is 0 Å². The van der Waals surface area contributed by atoms with Crippen LogP contribution in [0.15, 0.2) is 30.3 Å². The fourth-order valence-electron chi connectivity index (χ4n) is 1.93. The molecular formula is C15H25NO. The van der Waals surface area contributed by atoms with Crippen LogP contribution in [0.2, 0.25) is 0 Å². The summed E-state index contributed by atoms with van der Waals surface area (Å²) in [6.07, 6.45) is 0. The number of rotatable bonds is 7. The van der Waals surface area contributed by atoms with Crippen LogP contribution in [0.1, 0.15) is 39.2 Å². The SMILES string of the molecule is CCOC(C)(C)CNCC(C)c1ccccc1. The molecule has 0 saturated carbocycles. The number of hydrogen-bond acceptors (Lipinski definition) is 2. The van der Waals surface area contributed by atoms with Gasteiger partial charge < -0.3 is 10.1 Å². The summed E-state index contributed by atoms with van der Waals surface area (Å²) in [6.45, 7) is 11.2. The van der Waals surface area contributed by atoms with Gasteiger partial charge in [0.1, 0.15) is 0 Å². The third-order valence-electron chi connectivity index (χ3n) is 2.90. The third kappa shape index (κ3) is 5.33. The van der Waals surface area contributed by atoms with Gasteiger partial charge in [-0.05, 0) is 32.3 Å². The van der Waals surface area contributed by atoms with Gasteiger partial charge in [0.05, 0.1) is 5.60 Å². The first-order valence-electron chi connectivity index (χ1n) is 6.45. The fourth-order valence-corrected chi connectivity index (χ4v) is 1.93. The van der Waals surface area contributed by atoms with Crippen molar-refractivity contribution in [3.8, 4) is 0 Å². The van der Waals surface area contributed by atoms with Crippen molar-refractivity contribution >= 4 is 0 Å². The maximum absolute atomic E-state index is 5.65. The maximum Gasteiger partial charge on any atom is 0.0750 e. The molecule has 0 spiro atoms. The lowest BCUT2D eigenvalue weighted by Crippen LogP contribution is -2.39. The molecule has 2 heteroatoms. The second-order valence-corrected chi connectivity index (χ2v) is 5.14. The Hall–Kier alpha value is -0.860. The Morgan fingerprint density at radius 2 is 1.88 bits per heavy atom. The standard InChI is InChI=1S/C15H25NO/c1-5-17-15(3,4)12-16-11-13(2)14-9-7-6-8-10-14/h6-10,13,16H,5,11-12H2,1-4H3. The third-order valence-corrected chi connectivity index (χ3v) is 2.90. The van der Waals surface area contributed by atoms with Crippen molar-refractivity contribution in [3.05, 3.63) is 35.9 Å². The zero-order chi connectivity index (χ0) is 12.7. The molecular weight excluding hydrogens is 210 g/mol. The van der Waals surface area contributed by atoms with Gasteiger partial charge in [-0.1, -0.05) is 37.3 Å². The highest BCUT2D eigenvalue weighted by Gasteiger charge is 2.17. The molecule has 0 aliphatic rings. The van der Waals surface area contributed by atoms with E-state index in [2.05, 4.69) is 56.4 Å². The molecule has 1 N–H and O–H groups in total. The Morgan fingerprint density at radius 3 is 2.47 bits per heavy atom. The van der Waals surface area contributed by atoms with Gasteiger partial charge in [-0.15, -0.1) is 0 Å². The summed E-state index contributed by atoms with van der Waals surface area (Å²) < 4.78 is 5.65. The van der Waals surface area contributed by atoms with Gasteiger partial charge in [-0.3, -0.25) is 0 Å². The summed E-state index contributed by atoms with van der Waals surface area (Å²) in [5.41, 5.74) is 1.31. The van der Waals surface area contributed by atoms with Crippen LogP contribution in [-0.2, 0) is 4.74 Å². The Bertz CT molecular complexity index is 308. The van der Waals surface area contributed by atoms with E-state index in [1.165, 1.54) is 5.56 Å². The highest BCUT2D eigenvalue weighted by Crippen LogP contribution is 2.14. The molecule has 0 heterocycles. The summed E-state index contributed by atoms with van der Waals surface area (Å²) in [5.74, 6) is 0.536. The molecule has 0 fully saturated rings. The molecule has 1 unspecified atom stereocenters. The molecule has 0 radical (unpaired) electrons. The van der Waals surface area contributed by atoms with E-state index in [0.717, 1.165) is 19.7 Å². The Labute approximate surface area is 105 Å². The normalized spacial score (nSPS) is 13.6. The van der Waals surface area contributed by atoms with Gasteiger partial charge in [0, 0.05) is 19.7 Å². The average molecular weight is 235 g/mol. The number of benzene rings is 1. The average Bonchev–Trinajstić information content (AvgIpc) is 2.29. The Kier molecular flexibility index (Phi) is 5.66. The molecule has 17 heavy (non-hydrogen) atoms. The predicted octanol–water partition coefficient (Wildman–Crippen LogP) is 3.19. The first-order chi connectivity index (χ1) is 8.05. The van der Waals surface area contributed by atoms with E-state index in [1.54, 1.807) is 0 Å². The van der Waals surface area contributed by atoms with Crippen molar-refractivity contribution in [1.82, 2.24) is 5.32 Å². The van der Waals surface area contributed by atoms with Crippen LogP contribution >= 0.6 is 0 Å². The smallest absolute Gasteiger partial charge is 0.0750 e. The molecule has 2 nitrogen and oxygen atoms in total. The molecule has 0 saturated heterocycles. The zero-order valence-corrected chi connectivity index (χ0v) is 11.5. The van der Waals surface area contributed by atoms with E-state index in [4.69, 9.17) is 4.74 Å². The number of nitrogens with one attached hydrogen (secondary N) is 1. The summed E-state index contributed by atoms with van der Waals surface area (Å²) in [5, 5.41) is 3.48. The maximum atomic E-state index is 5.65. The van der Waals surface area contributed by atoms with Crippen molar-refractivity contribution in [2.45, 2.75) is 39.2 Å².